The van der Waals surface area contributed by atoms with E-state index >= 15 is 0 Å². The van der Waals surface area contributed by atoms with E-state index in [0.717, 1.165) is 0 Å². The van der Waals surface area contributed by atoms with Gasteiger partial charge in [-0.15, -0.1) is 0 Å². The quantitative estimate of drug-likeness (QED) is 0.786. The fraction of sp³-hybridized carbons (Fsp3) is 0.125. The molecule has 0 unspecified atom stereocenters. The van der Waals surface area contributed by atoms with Crippen molar-refractivity contribution in [3.05, 3.63) is 53.6 Å². The second-order valence-electron chi connectivity index (χ2n) is 4.54. The van der Waals surface area contributed by atoms with Gasteiger partial charge in [-0.25, -0.2) is 4.79 Å². The Morgan fingerprint density at radius 3 is 2.57 bits per heavy atom. The molecule has 0 fully saturated rings. The molecule has 3 N–H and O–H groups in total. The minimum atomic E-state index is -0.566. The van der Waals surface area contributed by atoms with E-state index in [-0.39, 0.29) is 6.54 Å². The van der Waals surface area contributed by atoms with Crippen molar-refractivity contribution in [3.8, 4) is 11.5 Å². The lowest BCUT2D eigenvalue weighted by molar-refractivity contribution is -0.118. The van der Waals surface area contributed by atoms with Crippen LogP contribution >= 0.6 is 11.6 Å². The number of halogens is 1. The van der Waals surface area contributed by atoms with Gasteiger partial charge in [-0.3, -0.25) is 10.1 Å². The van der Waals surface area contributed by atoms with Gasteiger partial charge in [0.15, 0.2) is 5.75 Å². The van der Waals surface area contributed by atoms with E-state index in [9.17, 15) is 9.59 Å². The van der Waals surface area contributed by atoms with Crippen LogP contribution in [0.4, 0.5) is 10.5 Å². The Morgan fingerprint density at radius 2 is 1.87 bits per heavy atom. The number of hydrogen-bond donors (Lipinski definition) is 3. The van der Waals surface area contributed by atoms with Gasteiger partial charge in [-0.2, -0.15) is 0 Å². The standard InChI is InChI=1S/C16H16ClN3O3/c1-18-16(22)20-15(21)10-19-13-9-11(17)7-8-14(13)23-12-5-3-2-4-6-12/h2-9,19H,10H2,1H3,(H2,18,20,21,22). The molecule has 0 saturated heterocycles. The number of ether oxygens (including phenoxy) is 1. The lowest BCUT2D eigenvalue weighted by Crippen LogP contribution is -2.40. The number of anilines is 1. The molecule has 0 aliphatic carbocycles. The molecule has 0 bridgehead atoms. The Kier molecular flexibility index (Phi) is 5.82. The van der Waals surface area contributed by atoms with Crippen molar-refractivity contribution in [3.63, 3.8) is 0 Å². The average Bonchev–Trinajstić information content (AvgIpc) is 2.56. The Morgan fingerprint density at radius 1 is 1.13 bits per heavy atom. The molecule has 0 aromatic heterocycles. The average molecular weight is 334 g/mol. The number of para-hydroxylation sites is 1. The molecule has 2 aromatic rings. The van der Waals surface area contributed by atoms with Crippen molar-refractivity contribution >= 4 is 29.2 Å². The third kappa shape index (κ3) is 5.19. The van der Waals surface area contributed by atoms with Crippen molar-refractivity contribution < 1.29 is 14.3 Å². The highest BCUT2D eigenvalue weighted by Crippen LogP contribution is 2.31. The van der Waals surface area contributed by atoms with E-state index in [4.69, 9.17) is 16.3 Å². The molecule has 0 heterocycles. The SMILES string of the molecule is CNC(=O)NC(=O)CNc1cc(Cl)ccc1Oc1ccccc1. The second kappa shape index (κ2) is 8.05. The molecule has 0 aliphatic heterocycles. The zero-order valence-electron chi connectivity index (χ0n) is 12.4. The molecular weight excluding hydrogens is 318 g/mol. The molecule has 23 heavy (non-hydrogen) atoms. The molecule has 2 rings (SSSR count). The molecule has 0 atom stereocenters. The number of amides is 3. The van der Waals surface area contributed by atoms with Gasteiger partial charge < -0.3 is 15.4 Å². The summed E-state index contributed by atoms with van der Waals surface area (Å²) in [7, 11) is 1.43. The van der Waals surface area contributed by atoms with Crippen LogP contribution in [0.2, 0.25) is 5.02 Å². The van der Waals surface area contributed by atoms with Gasteiger partial charge >= 0.3 is 6.03 Å². The number of benzene rings is 2. The summed E-state index contributed by atoms with van der Waals surface area (Å²) in [6.07, 6.45) is 0. The van der Waals surface area contributed by atoms with Gasteiger partial charge in [0, 0.05) is 12.1 Å². The number of urea groups is 1. The maximum absolute atomic E-state index is 11.6. The minimum absolute atomic E-state index is 0.0983. The molecule has 0 radical (unpaired) electrons. The zero-order valence-corrected chi connectivity index (χ0v) is 13.2. The summed E-state index contributed by atoms with van der Waals surface area (Å²) in [5.41, 5.74) is 0.549. The highest BCUT2D eigenvalue weighted by atomic mass is 35.5. The fourth-order valence-electron chi connectivity index (χ4n) is 1.75. The summed E-state index contributed by atoms with van der Waals surface area (Å²) in [5.74, 6) is 0.705. The number of carbonyl (C=O) groups excluding carboxylic acids is 2. The number of nitrogens with one attached hydrogen (secondary N) is 3. The first-order chi connectivity index (χ1) is 11.1. The van der Waals surface area contributed by atoms with Gasteiger partial charge in [0.2, 0.25) is 5.91 Å². The van der Waals surface area contributed by atoms with Crippen molar-refractivity contribution in [1.29, 1.82) is 0 Å². The van der Waals surface area contributed by atoms with Crippen LogP contribution < -0.4 is 20.7 Å². The number of carbonyl (C=O) groups is 2. The molecular formula is C16H16ClN3O3. The summed E-state index contributed by atoms with van der Waals surface area (Å²) in [6.45, 7) is -0.0983. The van der Waals surface area contributed by atoms with Gasteiger partial charge in [0.05, 0.1) is 12.2 Å². The van der Waals surface area contributed by atoms with Crippen LogP contribution in [0.25, 0.3) is 0 Å². The Hall–Kier alpha value is -2.73. The Balaban J connectivity index is 2.07. The first kappa shape index (κ1) is 16.6. The van der Waals surface area contributed by atoms with Crippen molar-refractivity contribution in [1.82, 2.24) is 10.6 Å². The molecule has 2 aromatic carbocycles. The normalized spacial score (nSPS) is 9.83. The lowest BCUT2D eigenvalue weighted by Gasteiger charge is -2.13. The highest BCUT2D eigenvalue weighted by Gasteiger charge is 2.09. The zero-order chi connectivity index (χ0) is 16.7. The van der Waals surface area contributed by atoms with Crippen LogP contribution in [0.3, 0.4) is 0 Å². The van der Waals surface area contributed by atoms with Gasteiger partial charge in [0.25, 0.3) is 0 Å². The predicted octanol–water partition coefficient (Wildman–Crippen LogP) is 3.00. The summed E-state index contributed by atoms with van der Waals surface area (Å²) in [5, 5.41) is 7.86. The van der Waals surface area contributed by atoms with E-state index in [2.05, 4.69) is 16.0 Å². The maximum atomic E-state index is 11.6. The Bertz CT molecular complexity index is 692. The van der Waals surface area contributed by atoms with Crippen LogP contribution in [0, 0.1) is 0 Å². The largest absolute Gasteiger partial charge is 0.455 e. The number of rotatable bonds is 5. The molecule has 0 spiro atoms. The Labute approximate surface area is 138 Å². The monoisotopic (exact) mass is 333 g/mol. The topological polar surface area (TPSA) is 79.5 Å². The molecule has 0 saturated carbocycles. The summed E-state index contributed by atoms with van der Waals surface area (Å²) < 4.78 is 5.77. The lowest BCUT2D eigenvalue weighted by atomic mass is 10.2. The van der Waals surface area contributed by atoms with E-state index in [0.29, 0.717) is 22.2 Å². The summed E-state index contributed by atoms with van der Waals surface area (Å²) in [6, 6.07) is 13.7. The number of imide groups is 1. The fourth-order valence-corrected chi connectivity index (χ4v) is 1.93. The third-order valence-electron chi connectivity index (χ3n) is 2.83. The van der Waals surface area contributed by atoms with E-state index < -0.39 is 11.9 Å². The number of hydrogen-bond acceptors (Lipinski definition) is 4. The van der Waals surface area contributed by atoms with Crippen molar-refractivity contribution in [2.45, 2.75) is 0 Å². The minimum Gasteiger partial charge on any atom is -0.455 e. The predicted molar refractivity (Wildman–Crippen MR) is 89.1 cm³/mol. The summed E-state index contributed by atoms with van der Waals surface area (Å²) in [4.78, 5) is 22.7. The molecule has 120 valence electrons. The molecule has 7 heteroatoms. The van der Waals surface area contributed by atoms with E-state index in [1.807, 2.05) is 30.3 Å². The molecule has 0 aliphatic rings. The van der Waals surface area contributed by atoms with Gasteiger partial charge in [-0.05, 0) is 30.3 Å². The second-order valence-corrected chi connectivity index (χ2v) is 4.97. The smallest absolute Gasteiger partial charge is 0.321 e. The highest BCUT2D eigenvalue weighted by molar-refractivity contribution is 6.31. The van der Waals surface area contributed by atoms with E-state index in [1.54, 1.807) is 18.2 Å². The molecule has 3 amide bonds. The van der Waals surface area contributed by atoms with Crippen LogP contribution in [-0.2, 0) is 4.79 Å². The first-order valence-corrected chi connectivity index (χ1v) is 7.24. The third-order valence-corrected chi connectivity index (χ3v) is 3.07. The van der Waals surface area contributed by atoms with Gasteiger partial charge in [-0.1, -0.05) is 29.8 Å². The maximum Gasteiger partial charge on any atom is 0.321 e. The van der Waals surface area contributed by atoms with Crippen LogP contribution in [0.1, 0.15) is 0 Å². The van der Waals surface area contributed by atoms with Crippen molar-refractivity contribution in [2.24, 2.45) is 0 Å². The molecule has 6 nitrogen and oxygen atoms in total. The summed E-state index contributed by atoms with van der Waals surface area (Å²) >= 11 is 5.98. The first-order valence-electron chi connectivity index (χ1n) is 6.86. The van der Waals surface area contributed by atoms with Crippen LogP contribution in [0.15, 0.2) is 48.5 Å². The van der Waals surface area contributed by atoms with Crippen molar-refractivity contribution in [2.75, 3.05) is 18.9 Å². The van der Waals surface area contributed by atoms with Crippen LogP contribution in [0.5, 0.6) is 11.5 Å². The van der Waals surface area contributed by atoms with E-state index in [1.165, 1.54) is 7.05 Å². The van der Waals surface area contributed by atoms with Gasteiger partial charge in [0.1, 0.15) is 5.75 Å². The van der Waals surface area contributed by atoms with Crippen LogP contribution in [-0.4, -0.2) is 25.5 Å².